The summed E-state index contributed by atoms with van der Waals surface area (Å²) in [5, 5.41) is 0. The number of hydrogen-bond acceptors (Lipinski definition) is 3. The summed E-state index contributed by atoms with van der Waals surface area (Å²) in [6.07, 6.45) is 2.45. The number of ether oxygens (including phenoxy) is 2. The second kappa shape index (κ2) is 11.9. The van der Waals surface area contributed by atoms with Crippen LogP contribution in [0, 0.1) is 11.3 Å². The number of rotatable bonds is 11. The van der Waals surface area contributed by atoms with E-state index in [-0.39, 0.29) is 11.8 Å². The molecule has 0 N–H and O–H groups in total. The topological polar surface area (TPSA) is 38.8 Å². The number of nitrogens with zero attached hydrogens (tertiary/aromatic N) is 1. The molecule has 4 nitrogen and oxygen atoms in total. The Bertz CT molecular complexity index is 1310. The summed E-state index contributed by atoms with van der Waals surface area (Å²) < 4.78 is 12.5. The normalized spacial score (nSPS) is 19.0. The van der Waals surface area contributed by atoms with Crippen molar-refractivity contribution >= 4 is 5.91 Å². The highest BCUT2D eigenvalue weighted by Gasteiger charge is 2.51. The average Bonchev–Trinajstić information content (AvgIpc) is 3.24. The molecule has 0 aliphatic carbocycles. The Balaban J connectivity index is 1.51. The minimum Gasteiger partial charge on any atom is -0.497 e. The summed E-state index contributed by atoms with van der Waals surface area (Å²) in [7, 11) is 1.66. The number of amides is 1. The minimum absolute atomic E-state index is 0.0215. The van der Waals surface area contributed by atoms with E-state index in [2.05, 4.69) is 86.3 Å². The van der Waals surface area contributed by atoms with Crippen LogP contribution >= 0.6 is 0 Å². The fraction of sp³-hybridized carbons (Fsp3) is 0.250. The van der Waals surface area contributed by atoms with Gasteiger partial charge in [-0.15, -0.1) is 6.58 Å². The van der Waals surface area contributed by atoms with Crippen LogP contribution in [-0.4, -0.2) is 31.1 Å². The van der Waals surface area contributed by atoms with Crippen LogP contribution in [0.4, 0.5) is 0 Å². The van der Waals surface area contributed by atoms with Gasteiger partial charge in [-0.2, -0.15) is 0 Å². The molecule has 2 atom stereocenters. The van der Waals surface area contributed by atoms with Gasteiger partial charge in [0, 0.05) is 19.0 Å². The van der Waals surface area contributed by atoms with Gasteiger partial charge in [-0.1, -0.05) is 116 Å². The van der Waals surface area contributed by atoms with Gasteiger partial charge in [0.2, 0.25) is 5.91 Å². The zero-order valence-electron chi connectivity index (χ0n) is 23.3. The molecule has 2 unspecified atom stereocenters. The van der Waals surface area contributed by atoms with E-state index in [0.717, 1.165) is 28.0 Å². The van der Waals surface area contributed by atoms with Crippen molar-refractivity contribution in [1.82, 2.24) is 4.90 Å². The molecule has 0 saturated carbocycles. The first-order valence-electron chi connectivity index (χ1n) is 13.8. The van der Waals surface area contributed by atoms with Crippen molar-refractivity contribution in [3.63, 3.8) is 0 Å². The smallest absolute Gasteiger partial charge is 0.229 e. The molecule has 4 aromatic carbocycles. The maximum absolute atomic E-state index is 13.9. The summed E-state index contributed by atoms with van der Waals surface area (Å²) in [5.41, 5.74) is 2.80. The van der Waals surface area contributed by atoms with E-state index >= 15 is 0 Å². The molecule has 1 saturated heterocycles. The zero-order valence-corrected chi connectivity index (χ0v) is 23.3. The number of hydrogen-bond donors (Lipinski definition) is 0. The second-order valence-electron chi connectivity index (χ2n) is 10.7. The monoisotopic (exact) mass is 531 g/mol. The van der Waals surface area contributed by atoms with Gasteiger partial charge in [0.25, 0.3) is 0 Å². The Hall–Kier alpha value is -4.15. The lowest BCUT2D eigenvalue weighted by atomic mass is 9.76. The third-order valence-corrected chi connectivity index (χ3v) is 8.26. The van der Waals surface area contributed by atoms with Crippen molar-refractivity contribution < 1.29 is 14.3 Å². The largest absolute Gasteiger partial charge is 0.497 e. The summed E-state index contributed by atoms with van der Waals surface area (Å²) in [4.78, 5) is 15.9. The van der Waals surface area contributed by atoms with Crippen LogP contribution in [0.15, 0.2) is 128 Å². The number of carbonyl (C=O) groups excluding carboxylic acids is 1. The number of allylic oxidation sites excluding steroid dienone is 1. The van der Waals surface area contributed by atoms with E-state index in [0.29, 0.717) is 26.1 Å². The van der Waals surface area contributed by atoms with E-state index in [1.807, 2.05) is 53.4 Å². The molecule has 1 aliphatic heterocycles. The van der Waals surface area contributed by atoms with Gasteiger partial charge >= 0.3 is 0 Å². The number of methoxy groups -OCH3 is 1. The van der Waals surface area contributed by atoms with Gasteiger partial charge in [-0.25, -0.2) is 0 Å². The Labute approximate surface area is 237 Å². The maximum atomic E-state index is 13.9. The Morgan fingerprint density at radius 2 is 1.35 bits per heavy atom. The van der Waals surface area contributed by atoms with Gasteiger partial charge in [-0.05, 0) is 40.8 Å². The van der Waals surface area contributed by atoms with Crippen molar-refractivity contribution in [2.45, 2.75) is 25.5 Å². The molecule has 5 rings (SSSR count). The molecule has 204 valence electrons. The summed E-state index contributed by atoms with van der Waals surface area (Å²) in [6, 6.07) is 39.0. The molecule has 0 aromatic heterocycles. The predicted octanol–water partition coefficient (Wildman–Crippen LogP) is 7.24. The number of carbonyl (C=O) groups is 1. The lowest BCUT2D eigenvalue weighted by Gasteiger charge is -2.38. The second-order valence-corrected chi connectivity index (χ2v) is 10.7. The SMILES string of the molecule is C=CCC1(C)C(=O)N(Cc2ccc(OC)cc2)CC1COC(c1ccccc1)(c1ccccc1)c1ccccc1. The van der Waals surface area contributed by atoms with E-state index in [4.69, 9.17) is 9.47 Å². The lowest BCUT2D eigenvalue weighted by molar-refractivity contribution is -0.137. The van der Waals surface area contributed by atoms with Crippen LogP contribution < -0.4 is 4.74 Å². The van der Waals surface area contributed by atoms with Crippen molar-refractivity contribution in [2.24, 2.45) is 11.3 Å². The first kappa shape index (κ1) is 27.4. The van der Waals surface area contributed by atoms with E-state index < -0.39 is 11.0 Å². The molecule has 1 amide bonds. The average molecular weight is 532 g/mol. The van der Waals surface area contributed by atoms with Crippen molar-refractivity contribution in [3.05, 3.63) is 150 Å². The fourth-order valence-corrected chi connectivity index (χ4v) is 5.96. The quantitative estimate of drug-likeness (QED) is 0.151. The Kier molecular flexibility index (Phi) is 8.18. The highest BCUT2D eigenvalue weighted by atomic mass is 16.5. The summed E-state index contributed by atoms with van der Waals surface area (Å²) in [5.74, 6) is 0.923. The molecular weight excluding hydrogens is 494 g/mol. The van der Waals surface area contributed by atoms with Crippen molar-refractivity contribution in [2.75, 3.05) is 20.3 Å². The summed E-state index contributed by atoms with van der Waals surface area (Å²) >= 11 is 0. The number of benzene rings is 4. The maximum Gasteiger partial charge on any atom is 0.229 e. The highest BCUT2D eigenvalue weighted by Crippen LogP contribution is 2.45. The third-order valence-electron chi connectivity index (χ3n) is 8.26. The molecule has 0 bridgehead atoms. The predicted molar refractivity (Wildman–Crippen MR) is 160 cm³/mol. The fourth-order valence-electron chi connectivity index (χ4n) is 5.96. The molecular formula is C36H37NO3. The standard InChI is InChI=1S/C36H37NO3/c1-4-24-35(2)32(26-37(34(35)38)25-28-20-22-33(39-3)23-21-28)27-40-36(29-14-8-5-9-15-29,30-16-10-6-11-17-30)31-18-12-7-13-19-31/h4-23,32H,1,24-27H2,2-3H3. The Morgan fingerprint density at radius 3 is 1.80 bits per heavy atom. The molecule has 1 aliphatic rings. The molecule has 1 fully saturated rings. The van der Waals surface area contributed by atoms with Crippen LogP contribution in [0.1, 0.15) is 35.6 Å². The highest BCUT2D eigenvalue weighted by molar-refractivity contribution is 5.85. The number of likely N-dealkylation sites (tertiary alicyclic amines) is 1. The molecule has 1 heterocycles. The van der Waals surface area contributed by atoms with Crippen molar-refractivity contribution in [1.29, 1.82) is 0 Å². The van der Waals surface area contributed by atoms with Crippen LogP contribution in [0.2, 0.25) is 0 Å². The molecule has 0 spiro atoms. The first-order valence-corrected chi connectivity index (χ1v) is 13.8. The van der Waals surface area contributed by atoms with E-state index in [1.165, 1.54) is 0 Å². The van der Waals surface area contributed by atoms with Gasteiger partial charge in [0.1, 0.15) is 11.4 Å². The summed E-state index contributed by atoms with van der Waals surface area (Å²) in [6.45, 7) is 7.63. The molecule has 40 heavy (non-hydrogen) atoms. The van der Waals surface area contributed by atoms with Gasteiger partial charge in [-0.3, -0.25) is 4.79 Å². The van der Waals surface area contributed by atoms with Gasteiger partial charge in [0.15, 0.2) is 0 Å². The van der Waals surface area contributed by atoms with Gasteiger partial charge in [0.05, 0.1) is 19.1 Å². The van der Waals surface area contributed by atoms with Gasteiger partial charge < -0.3 is 14.4 Å². The lowest BCUT2D eigenvalue weighted by Crippen LogP contribution is -2.39. The van der Waals surface area contributed by atoms with E-state index in [1.54, 1.807) is 7.11 Å². The molecule has 4 heteroatoms. The molecule has 0 radical (unpaired) electrons. The first-order chi connectivity index (χ1) is 19.5. The van der Waals surface area contributed by atoms with Crippen LogP contribution in [0.3, 0.4) is 0 Å². The third kappa shape index (κ3) is 5.20. The molecule has 4 aromatic rings. The van der Waals surface area contributed by atoms with E-state index in [9.17, 15) is 4.79 Å². The van der Waals surface area contributed by atoms with Crippen LogP contribution in [0.5, 0.6) is 5.75 Å². The zero-order chi connectivity index (χ0) is 28.0. The minimum atomic E-state index is -0.828. The van der Waals surface area contributed by atoms with Crippen LogP contribution in [-0.2, 0) is 21.7 Å². The van der Waals surface area contributed by atoms with Crippen molar-refractivity contribution in [3.8, 4) is 5.75 Å². The van der Waals surface area contributed by atoms with Crippen LogP contribution in [0.25, 0.3) is 0 Å². The Morgan fingerprint density at radius 1 is 0.850 bits per heavy atom.